The summed E-state index contributed by atoms with van der Waals surface area (Å²) < 4.78 is 11.0. The van der Waals surface area contributed by atoms with E-state index in [-0.39, 0.29) is 0 Å². The van der Waals surface area contributed by atoms with Crippen LogP contribution in [-0.4, -0.2) is 29.9 Å². The maximum atomic E-state index is 5.59. The molecule has 2 rings (SSSR count). The molecule has 0 bridgehead atoms. The van der Waals surface area contributed by atoms with Gasteiger partial charge in [-0.05, 0) is 25.1 Å². The second-order valence-electron chi connectivity index (χ2n) is 4.22. The van der Waals surface area contributed by atoms with Crippen LogP contribution in [0.1, 0.15) is 19.2 Å². The highest BCUT2D eigenvalue weighted by molar-refractivity contribution is 5.21. The molecule has 1 heterocycles. The molecule has 0 spiro atoms. The van der Waals surface area contributed by atoms with Crippen molar-refractivity contribution in [3.8, 4) is 5.75 Å². The molecule has 2 N–H and O–H groups in total. The molecule has 1 aromatic heterocycles. The number of hydrogen-bond donors (Lipinski definition) is 2. The first-order valence-corrected chi connectivity index (χ1v) is 6.83. The van der Waals surface area contributed by atoms with Crippen molar-refractivity contribution in [1.82, 2.24) is 15.5 Å². The molecule has 2 aromatic rings. The highest BCUT2D eigenvalue weighted by Gasteiger charge is 2.04. The number of para-hydroxylation sites is 1. The maximum Gasteiger partial charge on any atom is 0.315 e. The van der Waals surface area contributed by atoms with Crippen LogP contribution in [0.5, 0.6) is 5.75 Å². The summed E-state index contributed by atoms with van der Waals surface area (Å²) in [5.74, 6) is 1.48. The lowest BCUT2D eigenvalue weighted by Crippen LogP contribution is -2.11. The van der Waals surface area contributed by atoms with E-state index in [9.17, 15) is 0 Å². The molecule has 0 saturated carbocycles. The highest BCUT2D eigenvalue weighted by Crippen LogP contribution is 2.09. The van der Waals surface area contributed by atoms with Crippen molar-refractivity contribution >= 4 is 6.01 Å². The van der Waals surface area contributed by atoms with Gasteiger partial charge in [-0.25, -0.2) is 0 Å². The van der Waals surface area contributed by atoms with Gasteiger partial charge in [-0.3, -0.25) is 0 Å². The average molecular weight is 276 g/mol. The minimum Gasteiger partial charge on any atom is -0.494 e. The molecule has 20 heavy (non-hydrogen) atoms. The van der Waals surface area contributed by atoms with Crippen LogP contribution >= 0.6 is 0 Å². The van der Waals surface area contributed by atoms with Crippen LogP contribution in [0, 0.1) is 0 Å². The largest absolute Gasteiger partial charge is 0.494 e. The van der Waals surface area contributed by atoms with Gasteiger partial charge in [-0.15, -0.1) is 5.10 Å². The van der Waals surface area contributed by atoms with E-state index in [1.165, 1.54) is 0 Å². The molecule has 0 amide bonds. The number of ether oxygens (including phenoxy) is 1. The number of benzene rings is 1. The third kappa shape index (κ3) is 4.89. The quantitative estimate of drug-likeness (QED) is 0.683. The summed E-state index contributed by atoms with van der Waals surface area (Å²) in [5, 5.41) is 14.1. The Balaban J connectivity index is 1.60. The summed E-state index contributed by atoms with van der Waals surface area (Å²) in [7, 11) is 0. The zero-order chi connectivity index (χ0) is 14.0. The number of nitrogens with zero attached hydrogens (tertiary/aromatic N) is 2. The van der Waals surface area contributed by atoms with Gasteiger partial charge >= 0.3 is 6.01 Å². The fourth-order valence-electron chi connectivity index (χ4n) is 1.60. The van der Waals surface area contributed by atoms with Gasteiger partial charge in [0.2, 0.25) is 5.89 Å². The van der Waals surface area contributed by atoms with E-state index in [0.717, 1.165) is 25.3 Å². The highest BCUT2D eigenvalue weighted by atomic mass is 16.5. The van der Waals surface area contributed by atoms with Crippen LogP contribution in [0.2, 0.25) is 0 Å². The monoisotopic (exact) mass is 276 g/mol. The first-order chi connectivity index (χ1) is 9.88. The van der Waals surface area contributed by atoms with Crippen LogP contribution in [0.25, 0.3) is 0 Å². The van der Waals surface area contributed by atoms with E-state index in [1.807, 2.05) is 37.3 Å². The topological polar surface area (TPSA) is 72.2 Å². The Morgan fingerprint density at radius 2 is 2.05 bits per heavy atom. The minimum absolute atomic E-state index is 0.456. The summed E-state index contributed by atoms with van der Waals surface area (Å²) in [4.78, 5) is 0. The molecule has 1 aromatic carbocycles. The smallest absolute Gasteiger partial charge is 0.315 e. The van der Waals surface area contributed by atoms with Gasteiger partial charge in [0.05, 0.1) is 13.2 Å². The molecule has 0 aliphatic carbocycles. The van der Waals surface area contributed by atoms with E-state index in [1.54, 1.807) is 0 Å². The van der Waals surface area contributed by atoms with Crippen molar-refractivity contribution < 1.29 is 9.15 Å². The standard InChI is InChI=1S/C14H20N4O2/c1-2-15-11-13-17-18-14(20-13)16-9-6-10-19-12-7-4-3-5-8-12/h3-5,7-8,15H,2,6,9-11H2,1H3,(H,16,18). The number of rotatable bonds is 9. The normalized spacial score (nSPS) is 10.4. The van der Waals surface area contributed by atoms with Gasteiger partial charge in [-0.1, -0.05) is 30.2 Å². The van der Waals surface area contributed by atoms with Crippen molar-refractivity contribution in [1.29, 1.82) is 0 Å². The molecular formula is C14H20N4O2. The summed E-state index contributed by atoms with van der Waals surface area (Å²) in [6.07, 6.45) is 0.861. The molecule has 6 nitrogen and oxygen atoms in total. The van der Waals surface area contributed by atoms with E-state index in [2.05, 4.69) is 20.8 Å². The third-order valence-corrected chi connectivity index (χ3v) is 2.60. The van der Waals surface area contributed by atoms with Gasteiger partial charge in [-0.2, -0.15) is 0 Å². The van der Waals surface area contributed by atoms with Gasteiger partial charge in [0, 0.05) is 6.54 Å². The average Bonchev–Trinajstić information content (AvgIpc) is 2.94. The van der Waals surface area contributed by atoms with Crippen LogP contribution in [0.4, 0.5) is 6.01 Å². The maximum absolute atomic E-state index is 5.59. The predicted octanol–water partition coefficient (Wildman–Crippen LogP) is 2.06. The van der Waals surface area contributed by atoms with Gasteiger partial charge in [0.25, 0.3) is 0 Å². The molecular weight excluding hydrogens is 256 g/mol. The fraction of sp³-hybridized carbons (Fsp3) is 0.429. The van der Waals surface area contributed by atoms with Crippen LogP contribution in [0.15, 0.2) is 34.7 Å². The van der Waals surface area contributed by atoms with Crippen molar-refractivity contribution in [3.05, 3.63) is 36.2 Å². The predicted molar refractivity (Wildman–Crippen MR) is 76.7 cm³/mol. The van der Waals surface area contributed by atoms with E-state index < -0.39 is 0 Å². The number of hydrogen-bond acceptors (Lipinski definition) is 6. The van der Waals surface area contributed by atoms with Crippen LogP contribution in [0.3, 0.4) is 0 Å². The van der Waals surface area contributed by atoms with Gasteiger partial charge in [0.15, 0.2) is 0 Å². The first-order valence-electron chi connectivity index (χ1n) is 6.83. The first kappa shape index (κ1) is 14.3. The Hall–Kier alpha value is -2.08. The summed E-state index contributed by atoms with van der Waals surface area (Å²) in [6, 6.07) is 10.2. The summed E-state index contributed by atoms with van der Waals surface area (Å²) in [5.41, 5.74) is 0. The fourth-order valence-corrected chi connectivity index (χ4v) is 1.60. The molecule has 6 heteroatoms. The lowest BCUT2D eigenvalue weighted by molar-refractivity contribution is 0.314. The Morgan fingerprint density at radius 3 is 2.85 bits per heavy atom. The molecule has 0 unspecified atom stereocenters. The van der Waals surface area contributed by atoms with E-state index in [0.29, 0.717) is 25.1 Å². The van der Waals surface area contributed by atoms with Crippen molar-refractivity contribution in [3.63, 3.8) is 0 Å². The second-order valence-corrected chi connectivity index (χ2v) is 4.22. The Kier molecular flexibility index (Phi) is 5.85. The van der Waals surface area contributed by atoms with Crippen molar-refractivity contribution in [2.45, 2.75) is 19.9 Å². The van der Waals surface area contributed by atoms with E-state index in [4.69, 9.17) is 9.15 Å². The van der Waals surface area contributed by atoms with Crippen molar-refractivity contribution in [2.75, 3.05) is 25.0 Å². The number of nitrogens with one attached hydrogen (secondary N) is 2. The molecule has 0 fully saturated rings. The second kappa shape index (κ2) is 8.16. The minimum atomic E-state index is 0.456. The molecule has 108 valence electrons. The summed E-state index contributed by atoms with van der Waals surface area (Å²) >= 11 is 0. The lowest BCUT2D eigenvalue weighted by Gasteiger charge is -2.05. The molecule has 0 atom stereocenters. The Labute approximate surface area is 118 Å². The molecule has 0 saturated heterocycles. The van der Waals surface area contributed by atoms with Gasteiger partial charge in [0.1, 0.15) is 5.75 Å². The molecule has 0 aliphatic rings. The SMILES string of the molecule is CCNCc1nnc(NCCCOc2ccccc2)o1. The van der Waals surface area contributed by atoms with Crippen molar-refractivity contribution in [2.24, 2.45) is 0 Å². The van der Waals surface area contributed by atoms with Crippen LogP contribution in [-0.2, 0) is 6.54 Å². The summed E-state index contributed by atoms with van der Waals surface area (Å²) in [6.45, 7) is 4.89. The zero-order valence-electron chi connectivity index (χ0n) is 11.6. The van der Waals surface area contributed by atoms with Gasteiger partial charge < -0.3 is 19.8 Å². The third-order valence-electron chi connectivity index (χ3n) is 2.60. The Morgan fingerprint density at radius 1 is 1.20 bits per heavy atom. The number of anilines is 1. The van der Waals surface area contributed by atoms with Crippen LogP contribution < -0.4 is 15.4 Å². The molecule has 0 radical (unpaired) electrons. The number of aromatic nitrogens is 2. The van der Waals surface area contributed by atoms with E-state index >= 15 is 0 Å². The lowest BCUT2D eigenvalue weighted by atomic mass is 10.3. The molecule has 0 aliphatic heterocycles. The zero-order valence-corrected chi connectivity index (χ0v) is 11.6. The Bertz CT molecular complexity index is 487.